The van der Waals surface area contributed by atoms with Gasteiger partial charge in [0.2, 0.25) is 0 Å². The minimum absolute atomic E-state index is 0. The van der Waals surface area contributed by atoms with Crippen LogP contribution < -0.4 is 0 Å². The second kappa shape index (κ2) is 12.2. The van der Waals surface area contributed by atoms with Gasteiger partial charge in [0.05, 0.1) is 0 Å². The van der Waals surface area contributed by atoms with Crippen LogP contribution in [0.15, 0.2) is 122 Å². The van der Waals surface area contributed by atoms with Crippen molar-refractivity contribution < 1.29 is 20.1 Å². The fourth-order valence-corrected chi connectivity index (χ4v) is 3.62. The molecule has 0 bridgehead atoms. The van der Waals surface area contributed by atoms with E-state index in [1.807, 2.05) is 72.9 Å². The summed E-state index contributed by atoms with van der Waals surface area (Å²) in [6.07, 6.45) is 3.67. The number of benzene rings is 3. The van der Waals surface area contributed by atoms with E-state index >= 15 is 0 Å². The maximum Gasteiger partial charge on any atom is 0.0163 e. The average molecular weight is 619 g/mol. The van der Waals surface area contributed by atoms with Crippen LogP contribution in [0.25, 0.3) is 22.5 Å². The summed E-state index contributed by atoms with van der Waals surface area (Å²) in [6.45, 7) is 4.49. The SMILES string of the molecule is CC(C)(c1ccccc1)c1ccnc(-c2[c-]cccc2)c1.[Ir].[c-]1ccccc1-c1ccccn1. The number of aromatic nitrogens is 2. The van der Waals surface area contributed by atoms with E-state index in [2.05, 4.69) is 78.4 Å². The minimum Gasteiger partial charge on any atom is -0.305 e. The van der Waals surface area contributed by atoms with Crippen LogP contribution in [0, 0.1) is 12.1 Å². The van der Waals surface area contributed by atoms with Crippen LogP contribution in [0.5, 0.6) is 0 Å². The number of rotatable bonds is 4. The van der Waals surface area contributed by atoms with Gasteiger partial charge >= 0.3 is 0 Å². The molecule has 0 saturated carbocycles. The van der Waals surface area contributed by atoms with Crippen LogP contribution in [-0.2, 0) is 25.5 Å². The van der Waals surface area contributed by atoms with Gasteiger partial charge in [-0.3, -0.25) is 0 Å². The third kappa shape index (κ3) is 6.35. The molecule has 0 aliphatic heterocycles. The van der Waals surface area contributed by atoms with E-state index in [0.717, 1.165) is 22.5 Å². The predicted molar refractivity (Wildman–Crippen MR) is 136 cm³/mol. The molecule has 0 saturated heterocycles. The smallest absolute Gasteiger partial charge is 0.0163 e. The first kappa shape index (κ1) is 25.2. The van der Waals surface area contributed by atoms with Gasteiger partial charge in [-0.2, -0.15) is 0 Å². The van der Waals surface area contributed by atoms with Crippen LogP contribution in [0.3, 0.4) is 0 Å². The van der Waals surface area contributed by atoms with Crippen LogP contribution in [0.2, 0.25) is 0 Å². The Labute approximate surface area is 216 Å². The second-order valence-electron chi connectivity index (χ2n) is 8.19. The molecule has 1 radical (unpaired) electrons. The Bertz CT molecular complexity index is 1220. The zero-order valence-corrected chi connectivity index (χ0v) is 21.7. The first-order valence-corrected chi connectivity index (χ1v) is 11.0. The van der Waals surface area contributed by atoms with E-state index in [1.165, 1.54) is 11.1 Å². The van der Waals surface area contributed by atoms with Crippen molar-refractivity contribution in [3.05, 3.63) is 145 Å². The van der Waals surface area contributed by atoms with Crippen molar-refractivity contribution in [2.75, 3.05) is 0 Å². The van der Waals surface area contributed by atoms with Gasteiger partial charge < -0.3 is 9.97 Å². The first-order valence-electron chi connectivity index (χ1n) is 11.0. The first-order chi connectivity index (χ1) is 16.1. The molecule has 0 amide bonds. The molecule has 5 rings (SSSR count). The van der Waals surface area contributed by atoms with Gasteiger partial charge in [-0.1, -0.05) is 62.4 Å². The van der Waals surface area contributed by atoms with Crippen LogP contribution in [-0.4, -0.2) is 9.97 Å². The molecule has 2 heterocycles. The maximum absolute atomic E-state index is 4.49. The van der Waals surface area contributed by atoms with Crippen molar-refractivity contribution in [1.29, 1.82) is 0 Å². The fourth-order valence-electron chi connectivity index (χ4n) is 3.62. The molecule has 0 spiro atoms. The predicted octanol–water partition coefficient (Wildman–Crippen LogP) is 7.42. The molecule has 0 fully saturated rings. The summed E-state index contributed by atoms with van der Waals surface area (Å²) in [7, 11) is 0. The molecule has 2 nitrogen and oxygen atoms in total. The molecule has 2 aromatic heterocycles. The quantitative estimate of drug-likeness (QED) is 0.196. The van der Waals surface area contributed by atoms with E-state index in [9.17, 15) is 0 Å². The number of hydrogen-bond donors (Lipinski definition) is 0. The monoisotopic (exact) mass is 619 g/mol. The topological polar surface area (TPSA) is 25.8 Å². The summed E-state index contributed by atoms with van der Waals surface area (Å²) in [5.41, 5.74) is 6.53. The van der Waals surface area contributed by atoms with Crippen LogP contribution in [0.4, 0.5) is 0 Å². The molecule has 34 heavy (non-hydrogen) atoms. The molecule has 0 atom stereocenters. The summed E-state index contributed by atoms with van der Waals surface area (Å²) in [4.78, 5) is 8.70. The van der Waals surface area contributed by atoms with Crippen molar-refractivity contribution in [2.24, 2.45) is 0 Å². The summed E-state index contributed by atoms with van der Waals surface area (Å²) in [5.74, 6) is 0. The zero-order chi connectivity index (χ0) is 22.9. The summed E-state index contributed by atoms with van der Waals surface area (Å²) in [5, 5.41) is 0. The largest absolute Gasteiger partial charge is 0.305 e. The fraction of sp³-hybridized carbons (Fsp3) is 0.0968. The van der Waals surface area contributed by atoms with E-state index in [1.54, 1.807) is 6.20 Å². The summed E-state index contributed by atoms with van der Waals surface area (Å²) in [6, 6.07) is 42.9. The van der Waals surface area contributed by atoms with Crippen molar-refractivity contribution >= 4 is 0 Å². The summed E-state index contributed by atoms with van der Waals surface area (Å²) < 4.78 is 0. The van der Waals surface area contributed by atoms with Gasteiger partial charge in [-0.25, -0.2) is 0 Å². The Morgan fingerprint density at radius 1 is 0.559 bits per heavy atom. The van der Waals surface area contributed by atoms with Crippen LogP contribution >= 0.6 is 0 Å². The van der Waals surface area contributed by atoms with E-state index in [-0.39, 0.29) is 25.5 Å². The number of hydrogen-bond acceptors (Lipinski definition) is 2. The molecule has 0 unspecified atom stereocenters. The Morgan fingerprint density at radius 3 is 1.74 bits per heavy atom. The minimum atomic E-state index is -0.0479. The Morgan fingerprint density at radius 2 is 1.15 bits per heavy atom. The summed E-state index contributed by atoms with van der Waals surface area (Å²) >= 11 is 0. The number of nitrogens with zero attached hydrogens (tertiary/aromatic N) is 2. The third-order valence-corrected chi connectivity index (χ3v) is 5.61. The van der Waals surface area contributed by atoms with Gasteiger partial charge in [0.1, 0.15) is 0 Å². The Hall–Kier alpha value is -3.39. The normalized spacial score (nSPS) is 10.4. The molecule has 3 aromatic carbocycles. The second-order valence-corrected chi connectivity index (χ2v) is 8.19. The molecule has 5 aromatic rings. The van der Waals surface area contributed by atoms with E-state index in [4.69, 9.17) is 0 Å². The average Bonchev–Trinajstić information content (AvgIpc) is 2.91. The van der Waals surface area contributed by atoms with Crippen molar-refractivity contribution in [3.8, 4) is 22.5 Å². The van der Waals surface area contributed by atoms with Gasteiger partial charge in [0, 0.05) is 37.9 Å². The maximum atomic E-state index is 4.49. The van der Waals surface area contributed by atoms with Gasteiger partial charge in [-0.05, 0) is 34.6 Å². The Kier molecular flexibility index (Phi) is 9.04. The molecular weight excluding hydrogens is 593 g/mol. The van der Waals surface area contributed by atoms with Crippen LogP contribution in [0.1, 0.15) is 25.0 Å². The molecular formula is C31H26IrN2-2. The van der Waals surface area contributed by atoms with Gasteiger partial charge in [-0.15, -0.1) is 71.8 Å². The van der Waals surface area contributed by atoms with Gasteiger partial charge in [0.15, 0.2) is 0 Å². The van der Waals surface area contributed by atoms with E-state index < -0.39 is 0 Å². The number of pyridine rings is 2. The molecule has 0 N–H and O–H groups in total. The van der Waals surface area contributed by atoms with E-state index in [0.29, 0.717) is 0 Å². The molecule has 171 valence electrons. The molecule has 0 aliphatic carbocycles. The zero-order valence-electron chi connectivity index (χ0n) is 19.3. The third-order valence-electron chi connectivity index (χ3n) is 5.61. The molecule has 0 aliphatic rings. The Balaban J connectivity index is 0.000000212. The van der Waals surface area contributed by atoms with Crippen molar-refractivity contribution in [2.45, 2.75) is 19.3 Å². The standard InChI is InChI=1S/C20H18N.C11H8N.Ir/c1-20(2,17-11-7-4-8-12-17)18-13-14-21-19(15-18)16-9-5-3-6-10-16;1-2-6-10(7-3-1)11-8-4-5-9-12-11;/h3-9,11-15H,1-2H3;1-6,8-9H;/q2*-1;. The van der Waals surface area contributed by atoms with Crippen molar-refractivity contribution in [1.82, 2.24) is 9.97 Å². The van der Waals surface area contributed by atoms with Crippen molar-refractivity contribution in [3.63, 3.8) is 0 Å². The molecule has 3 heteroatoms. The van der Waals surface area contributed by atoms with Gasteiger partial charge in [0.25, 0.3) is 0 Å².